The Morgan fingerprint density at radius 3 is 2.40 bits per heavy atom. The molecule has 1 saturated heterocycles. The molecule has 0 unspecified atom stereocenters. The summed E-state index contributed by atoms with van der Waals surface area (Å²) in [5, 5.41) is 8.79. The van der Waals surface area contributed by atoms with Crippen molar-refractivity contribution in [2.75, 3.05) is 13.6 Å². The molecule has 10 heteroatoms. The molecule has 242 valence electrons. The summed E-state index contributed by atoms with van der Waals surface area (Å²) in [5.74, 6) is 1.55. The number of aromatic nitrogens is 1. The normalized spacial score (nSPS) is 24.2. The van der Waals surface area contributed by atoms with Gasteiger partial charge in [-0.15, -0.1) is 11.3 Å². The molecule has 3 atom stereocenters. The fourth-order valence-corrected chi connectivity index (χ4v) is 8.83. The van der Waals surface area contributed by atoms with Crippen LogP contribution in [0, 0.1) is 5.92 Å². The molecule has 1 aromatic carbocycles. The quantitative estimate of drug-likeness (QED) is 0.264. The number of thiazole rings is 1. The van der Waals surface area contributed by atoms with E-state index in [0.29, 0.717) is 23.6 Å². The highest BCUT2D eigenvalue weighted by Crippen LogP contribution is 2.37. The maximum Gasteiger partial charge on any atom is 0.246 e. The van der Waals surface area contributed by atoms with Gasteiger partial charge < -0.3 is 15.5 Å². The van der Waals surface area contributed by atoms with Gasteiger partial charge in [0.2, 0.25) is 17.6 Å². The summed E-state index contributed by atoms with van der Waals surface area (Å²) in [6.07, 6.45) is 14.9. The van der Waals surface area contributed by atoms with E-state index in [2.05, 4.69) is 29.6 Å². The molecule has 0 spiro atoms. The third-order valence-corrected chi connectivity index (χ3v) is 11.8. The molecule has 2 heterocycles. The Kier molecular flexibility index (Phi) is 12.4. The zero-order valence-corrected chi connectivity index (χ0v) is 28.5. The predicted molar refractivity (Wildman–Crippen MR) is 188 cm³/mol. The molecular formula is C35H52B2N4O3S. The fraction of sp³-hybridized carbons (Fsp3) is 0.657. The lowest BCUT2D eigenvalue weighted by Gasteiger charge is -2.35. The Labute approximate surface area is 275 Å². The Balaban J connectivity index is 1.26. The summed E-state index contributed by atoms with van der Waals surface area (Å²) in [5.41, 5.74) is 2.40. The molecule has 7 nitrogen and oxygen atoms in total. The van der Waals surface area contributed by atoms with Crippen LogP contribution in [0.1, 0.15) is 117 Å². The number of likely N-dealkylation sites (N-methyl/N-ethyl adjacent to an activating group) is 1. The SMILES string of the molecule is CBC1CCCC(Bc2cccc(C(=O)c3csc([C@@H]4CCCN4C(=O)[C@@H](NC(=O)[C@H](C)NC)C4CCCCC4)n3)c2)CCC1. The van der Waals surface area contributed by atoms with Crippen LogP contribution >= 0.6 is 11.3 Å². The van der Waals surface area contributed by atoms with Crippen molar-refractivity contribution in [1.82, 2.24) is 20.5 Å². The predicted octanol–water partition coefficient (Wildman–Crippen LogP) is 5.19. The smallest absolute Gasteiger partial charge is 0.246 e. The van der Waals surface area contributed by atoms with Gasteiger partial charge in [-0.1, -0.05) is 106 Å². The van der Waals surface area contributed by atoms with Crippen LogP contribution in [0.2, 0.25) is 18.5 Å². The van der Waals surface area contributed by atoms with Crippen molar-refractivity contribution < 1.29 is 14.4 Å². The van der Waals surface area contributed by atoms with E-state index in [1.807, 2.05) is 29.3 Å². The monoisotopic (exact) mass is 630 g/mol. The van der Waals surface area contributed by atoms with Gasteiger partial charge in [0, 0.05) is 17.5 Å². The van der Waals surface area contributed by atoms with Crippen LogP contribution in [0.3, 0.4) is 0 Å². The number of nitrogens with zero attached hydrogens (tertiary/aromatic N) is 2. The number of nitrogens with one attached hydrogen (secondary N) is 2. The van der Waals surface area contributed by atoms with Crippen LogP contribution in [-0.2, 0) is 9.59 Å². The van der Waals surface area contributed by atoms with Crippen LogP contribution in [0.25, 0.3) is 0 Å². The van der Waals surface area contributed by atoms with Crippen LogP contribution in [0.15, 0.2) is 29.6 Å². The van der Waals surface area contributed by atoms with Crippen LogP contribution in [0.5, 0.6) is 0 Å². The summed E-state index contributed by atoms with van der Waals surface area (Å²) in [7, 11) is 4.10. The summed E-state index contributed by atoms with van der Waals surface area (Å²) in [6.45, 7) is 4.79. The maximum atomic E-state index is 14.1. The summed E-state index contributed by atoms with van der Waals surface area (Å²) >= 11 is 1.48. The highest BCUT2D eigenvalue weighted by molar-refractivity contribution is 7.10. The standard InChI is InChI=1S/C35H52B2N4O3S/c1-23(38-3)33(43)40-31(24-11-5-4-6-12-24)35(44)41-20-10-19-30(41)34-39-29(22-45-34)32(42)25-13-7-18-28(21-25)37-27-16-8-14-26(36-2)15-9-17-27/h7,13,18,21-24,26-27,30-31,36-38H,4-6,8-12,14-17,19-20H2,1-3H3,(H,40,43)/t23-,26?,27?,30-,31-/m0/s1. The van der Waals surface area contributed by atoms with Crippen molar-refractivity contribution in [3.8, 4) is 0 Å². The highest BCUT2D eigenvalue weighted by atomic mass is 32.1. The van der Waals surface area contributed by atoms with E-state index >= 15 is 0 Å². The first kappa shape index (κ1) is 33.9. The van der Waals surface area contributed by atoms with Gasteiger partial charge >= 0.3 is 0 Å². The second-order valence-electron chi connectivity index (χ2n) is 13.9. The lowest BCUT2D eigenvalue weighted by atomic mass is 9.53. The van der Waals surface area contributed by atoms with Crippen molar-refractivity contribution >= 4 is 49.0 Å². The third-order valence-electron chi connectivity index (χ3n) is 10.8. The van der Waals surface area contributed by atoms with Gasteiger partial charge in [0.05, 0.1) is 12.1 Å². The second kappa shape index (κ2) is 16.4. The van der Waals surface area contributed by atoms with Crippen LogP contribution in [0.4, 0.5) is 0 Å². The van der Waals surface area contributed by atoms with Crippen molar-refractivity contribution in [3.63, 3.8) is 0 Å². The Morgan fingerprint density at radius 2 is 1.69 bits per heavy atom. The fourth-order valence-electron chi connectivity index (χ4n) is 7.88. The number of carbonyl (C=O) groups excluding carboxylic acids is 3. The first-order valence-corrected chi connectivity index (χ1v) is 18.6. The molecule has 3 fully saturated rings. The average Bonchev–Trinajstić information content (AvgIpc) is 3.75. The van der Waals surface area contributed by atoms with E-state index in [1.54, 1.807) is 7.05 Å². The van der Waals surface area contributed by atoms with Gasteiger partial charge in [0.25, 0.3) is 0 Å². The van der Waals surface area contributed by atoms with E-state index in [1.165, 1.54) is 69.0 Å². The van der Waals surface area contributed by atoms with E-state index in [-0.39, 0.29) is 35.6 Å². The zero-order chi connectivity index (χ0) is 31.8. The number of benzene rings is 1. The van der Waals surface area contributed by atoms with Crippen LogP contribution in [-0.4, -0.2) is 67.7 Å². The molecule has 2 N–H and O–H groups in total. The minimum atomic E-state index is -0.524. The Bertz CT molecular complexity index is 1290. The summed E-state index contributed by atoms with van der Waals surface area (Å²) in [6, 6.07) is 7.11. The summed E-state index contributed by atoms with van der Waals surface area (Å²) < 4.78 is 0. The van der Waals surface area contributed by atoms with Crippen molar-refractivity contribution in [2.24, 2.45) is 5.92 Å². The van der Waals surface area contributed by atoms with E-state index in [9.17, 15) is 14.4 Å². The van der Waals surface area contributed by atoms with E-state index in [0.717, 1.165) is 56.6 Å². The Hall–Kier alpha value is -2.45. The third kappa shape index (κ3) is 8.68. The topological polar surface area (TPSA) is 91.4 Å². The largest absolute Gasteiger partial charge is 0.343 e. The molecule has 2 aromatic rings. The molecule has 0 bridgehead atoms. The van der Waals surface area contributed by atoms with E-state index in [4.69, 9.17) is 4.98 Å². The highest BCUT2D eigenvalue weighted by Gasteiger charge is 2.40. The second-order valence-corrected chi connectivity index (χ2v) is 14.8. The number of ketones is 1. The van der Waals surface area contributed by atoms with Gasteiger partial charge in [-0.25, -0.2) is 4.98 Å². The number of rotatable bonds is 11. The van der Waals surface area contributed by atoms with Gasteiger partial charge in [0.1, 0.15) is 24.0 Å². The molecule has 2 amide bonds. The van der Waals surface area contributed by atoms with Crippen molar-refractivity contribution in [1.29, 1.82) is 0 Å². The van der Waals surface area contributed by atoms with Crippen molar-refractivity contribution in [3.05, 3.63) is 45.9 Å². The molecule has 5 rings (SSSR count). The molecule has 1 aliphatic heterocycles. The molecule has 45 heavy (non-hydrogen) atoms. The number of hydrogen-bond acceptors (Lipinski definition) is 6. The molecule has 2 saturated carbocycles. The number of likely N-dealkylation sites (tertiary alicyclic amines) is 1. The van der Waals surface area contributed by atoms with E-state index < -0.39 is 6.04 Å². The lowest BCUT2D eigenvalue weighted by molar-refractivity contribution is -0.139. The Morgan fingerprint density at radius 1 is 0.956 bits per heavy atom. The molecular weight excluding hydrogens is 578 g/mol. The molecule has 3 aliphatic rings. The minimum Gasteiger partial charge on any atom is -0.343 e. The number of amides is 2. The van der Waals surface area contributed by atoms with Crippen molar-refractivity contribution in [2.45, 2.75) is 127 Å². The molecule has 2 aliphatic carbocycles. The van der Waals surface area contributed by atoms with Gasteiger partial charge in [-0.3, -0.25) is 14.4 Å². The average molecular weight is 631 g/mol. The lowest BCUT2D eigenvalue weighted by Crippen LogP contribution is -2.55. The number of hydrogen-bond donors (Lipinski definition) is 2. The van der Waals surface area contributed by atoms with Gasteiger partial charge in [-0.05, 0) is 45.6 Å². The number of carbonyl (C=O) groups is 3. The van der Waals surface area contributed by atoms with Gasteiger partial charge in [0.15, 0.2) is 7.28 Å². The maximum absolute atomic E-state index is 14.1. The van der Waals surface area contributed by atoms with Gasteiger partial charge in [-0.2, -0.15) is 0 Å². The first-order chi connectivity index (χ1) is 21.9. The first-order valence-electron chi connectivity index (χ1n) is 17.7. The molecule has 0 radical (unpaired) electrons. The van der Waals surface area contributed by atoms with Crippen LogP contribution < -0.4 is 16.1 Å². The minimum absolute atomic E-state index is 0.00346. The molecule has 1 aromatic heterocycles. The summed E-state index contributed by atoms with van der Waals surface area (Å²) in [4.78, 5) is 47.4. The zero-order valence-electron chi connectivity index (χ0n) is 27.7.